The number of likely N-dealkylation sites (N-methyl/N-ethyl adjacent to an activating group) is 1. The van der Waals surface area contributed by atoms with E-state index >= 15 is 0 Å². The van der Waals surface area contributed by atoms with Crippen LogP contribution in [0, 0.1) is 0 Å². The first kappa shape index (κ1) is 18.7. The van der Waals surface area contributed by atoms with Crippen LogP contribution in [0.2, 0.25) is 0 Å². The van der Waals surface area contributed by atoms with E-state index in [2.05, 4.69) is 10.6 Å². The summed E-state index contributed by atoms with van der Waals surface area (Å²) in [5.74, 6) is 0.0635. The summed E-state index contributed by atoms with van der Waals surface area (Å²) in [5.41, 5.74) is 0.439. The van der Waals surface area contributed by atoms with Crippen LogP contribution in [0.3, 0.4) is 0 Å². The number of nitrogens with zero attached hydrogens (tertiary/aromatic N) is 1. The highest BCUT2D eigenvalue weighted by Crippen LogP contribution is 2.31. The molecule has 0 aromatic heterocycles. The number of amides is 1. The third kappa shape index (κ3) is 4.46. The SMILES string of the molecule is CCNCC(=O)Nc1ccc(OC)c(S(=O)(=O)N2CCCCC2)c1. The van der Waals surface area contributed by atoms with Crippen molar-refractivity contribution in [2.45, 2.75) is 31.1 Å². The lowest BCUT2D eigenvalue weighted by Crippen LogP contribution is -2.35. The van der Waals surface area contributed by atoms with E-state index in [0.29, 0.717) is 25.3 Å². The summed E-state index contributed by atoms with van der Waals surface area (Å²) in [6.07, 6.45) is 2.77. The normalized spacial score (nSPS) is 15.9. The fraction of sp³-hybridized carbons (Fsp3) is 0.562. The molecule has 1 heterocycles. The van der Waals surface area contributed by atoms with E-state index in [0.717, 1.165) is 19.3 Å². The van der Waals surface area contributed by atoms with Crippen LogP contribution in [0.5, 0.6) is 5.75 Å². The van der Waals surface area contributed by atoms with Crippen molar-refractivity contribution in [2.75, 3.05) is 38.6 Å². The van der Waals surface area contributed by atoms with E-state index in [1.54, 1.807) is 12.1 Å². The van der Waals surface area contributed by atoms with E-state index in [9.17, 15) is 13.2 Å². The highest BCUT2D eigenvalue weighted by Gasteiger charge is 2.29. The topological polar surface area (TPSA) is 87.7 Å². The average molecular weight is 355 g/mol. The van der Waals surface area contributed by atoms with Crippen LogP contribution in [0.25, 0.3) is 0 Å². The van der Waals surface area contributed by atoms with Gasteiger partial charge in [-0.3, -0.25) is 4.79 Å². The van der Waals surface area contributed by atoms with Gasteiger partial charge in [0.1, 0.15) is 10.6 Å². The van der Waals surface area contributed by atoms with Gasteiger partial charge in [0.05, 0.1) is 13.7 Å². The molecule has 1 aliphatic heterocycles. The van der Waals surface area contributed by atoms with E-state index in [-0.39, 0.29) is 23.1 Å². The Balaban J connectivity index is 2.26. The Morgan fingerprint density at radius 1 is 1.25 bits per heavy atom. The number of methoxy groups -OCH3 is 1. The Hall–Kier alpha value is -1.64. The summed E-state index contributed by atoms with van der Waals surface area (Å²) in [6, 6.07) is 4.67. The van der Waals surface area contributed by atoms with Gasteiger partial charge < -0.3 is 15.4 Å². The van der Waals surface area contributed by atoms with Crippen LogP contribution in [0.1, 0.15) is 26.2 Å². The molecule has 1 fully saturated rings. The fourth-order valence-electron chi connectivity index (χ4n) is 2.64. The number of ether oxygens (including phenoxy) is 1. The van der Waals surface area contributed by atoms with Crippen molar-refractivity contribution in [3.63, 3.8) is 0 Å². The molecule has 0 aliphatic carbocycles. The molecule has 1 aliphatic rings. The summed E-state index contributed by atoms with van der Waals surface area (Å²) in [7, 11) is -2.20. The zero-order chi connectivity index (χ0) is 17.6. The summed E-state index contributed by atoms with van der Waals surface area (Å²) in [5, 5.41) is 5.63. The third-order valence-electron chi connectivity index (χ3n) is 3.92. The molecule has 0 unspecified atom stereocenters. The number of carbonyl (C=O) groups is 1. The second kappa shape index (κ2) is 8.46. The van der Waals surface area contributed by atoms with Crippen molar-refractivity contribution in [3.8, 4) is 5.75 Å². The van der Waals surface area contributed by atoms with Gasteiger partial charge in [0.15, 0.2) is 0 Å². The van der Waals surface area contributed by atoms with Crippen LogP contribution in [0.15, 0.2) is 23.1 Å². The van der Waals surface area contributed by atoms with Crippen molar-refractivity contribution in [3.05, 3.63) is 18.2 Å². The number of benzene rings is 1. The molecule has 1 aromatic rings. The van der Waals surface area contributed by atoms with Crippen molar-refractivity contribution in [1.82, 2.24) is 9.62 Å². The molecule has 0 atom stereocenters. The maximum Gasteiger partial charge on any atom is 0.246 e. The first-order valence-electron chi connectivity index (χ1n) is 8.17. The number of hydrogen-bond donors (Lipinski definition) is 2. The first-order valence-corrected chi connectivity index (χ1v) is 9.61. The van der Waals surface area contributed by atoms with Crippen LogP contribution in [0.4, 0.5) is 5.69 Å². The van der Waals surface area contributed by atoms with Crippen molar-refractivity contribution < 1.29 is 17.9 Å². The summed E-state index contributed by atoms with van der Waals surface area (Å²) in [6.45, 7) is 3.80. The van der Waals surface area contributed by atoms with Gasteiger partial charge in [0.2, 0.25) is 15.9 Å². The fourth-order valence-corrected chi connectivity index (χ4v) is 4.34. The number of anilines is 1. The lowest BCUT2D eigenvalue weighted by atomic mass is 10.2. The molecular formula is C16H25N3O4S. The third-order valence-corrected chi connectivity index (χ3v) is 5.84. The molecule has 0 spiro atoms. The smallest absolute Gasteiger partial charge is 0.246 e. The van der Waals surface area contributed by atoms with Gasteiger partial charge in [-0.25, -0.2) is 8.42 Å². The maximum absolute atomic E-state index is 12.9. The van der Waals surface area contributed by atoms with E-state index in [4.69, 9.17) is 4.74 Å². The van der Waals surface area contributed by atoms with Crippen LogP contribution >= 0.6 is 0 Å². The van der Waals surface area contributed by atoms with Gasteiger partial charge in [-0.15, -0.1) is 0 Å². The Bertz CT molecular complexity index is 670. The van der Waals surface area contributed by atoms with Gasteiger partial charge in [0.25, 0.3) is 0 Å². The van der Waals surface area contributed by atoms with Gasteiger partial charge in [-0.2, -0.15) is 4.31 Å². The van der Waals surface area contributed by atoms with Crippen LogP contribution in [-0.2, 0) is 14.8 Å². The van der Waals surface area contributed by atoms with Gasteiger partial charge >= 0.3 is 0 Å². The summed E-state index contributed by atoms with van der Waals surface area (Å²) >= 11 is 0. The molecule has 134 valence electrons. The zero-order valence-electron chi connectivity index (χ0n) is 14.2. The summed E-state index contributed by atoms with van der Waals surface area (Å²) < 4.78 is 32.5. The van der Waals surface area contributed by atoms with Crippen molar-refractivity contribution >= 4 is 21.6 Å². The predicted octanol–water partition coefficient (Wildman–Crippen LogP) is 1.42. The van der Waals surface area contributed by atoms with Gasteiger partial charge in [-0.1, -0.05) is 13.3 Å². The Kier molecular flexibility index (Phi) is 6.59. The Labute approximate surface area is 143 Å². The molecule has 8 heteroatoms. The minimum absolute atomic E-state index is 0.0909. The number of nitrogens with one attached hydrogen (secondary N) is 2. The van der Waals surface area contributed by atoms with E-state index < -0.39 is 10.0 Å². The molecule has 0 saturated carbocycles. The van der Waals surface area contributed by atoms with Gasteiger partial charge in [-0.05, 0) is 37.6 Å². The number of carbonyl (C=O) groups excluding carboxylic acids is 1. The standard InChI is InChI=1S/C16H25N3O4S/c1-3-17-12-16(20)18-13-7-8-14(23-2)15(11-13)24(21,22)19-9-5-4-6-10-19/h7-8,11,17H,3-6,9-10,12H2,1-2H3,(H,18,20). The minimum atomic E-state index is -3.64. The lowest BCUT2D eigenvalue weighted by Gasteiger charge is -2.26. The molecule has 0 bridgehead atoms. The molecular weight excluding hydrogens is 330 g/mol. The summed E-state index contributed by atoms with van der Waals surface area (Å²) in [4.78, 5) is 11.9. The Morgan fingerprint density at radius 3 is 2.58 bits per heavy atom. The highest BCUT2D eigenvalue weighted by atomic mass is 32.2. The molecule has 2 rings (SSSR count). The van der Waals surface area contributed by atoms with E-state index in [1.165, 1.54) is 17.5 Å². The number of hydrogen-bond acceptors (Lipinski definition) is 5. The molecule has 1 amide bonds. The predicted molar refractivity (Wildman–Crippen MR) is 92.8 cm³/mol. The number of rotatable bonds is 7. The van der Waals surface area contributed by atoms with E-state index in [1.807, 2.05) is 6.92 Å². The second-order valence-corrected chi connectivity index (χ2v) is 7.57. The van der Waals surface area contributed by atoms with Crippen LogP contribution in [-0.4, -0.2) is 51.9 Å². The molecule has 1 saturated heterocycles. The second-order valence-electron chi connectivity index (χ2n) is 5.66. The first-order chi connectivity index (χ1) is 11.5. The largest absolute Gasteiger partial charge is 0.495 e. The van der Waals surface area contributed by atoms with Gasteiger partial charge in [0, 0.05) is 18.8 Å². The maximum atomic E-state index is 12.9. The van der Waals surface area contributed by atoms with Crippen LogP contribution < -0.4 is 15.4 Å². The van der Waals surface area contributed by atoms with Crippen molar-refractivity contribution in [1.29, 1.82) is 0 Å². The minimum Gasteiger partial charge on any atom is -0.495 e. The number of sulfonamides is 1. The quantitative estimate of drug-likeness (QED) is 0.772. The lowest BCUT2D eigenvalue weighted by molar-refractivity contribution is -0.115. The molecule has 24 heavy (non-hydrogen) atoms. The highest BCUT2D eigenvalue weighted by molar-refractivity contribution is 7.89. The Morgan fingerprint density at radius 2 is 1.96 bits per heavy atom. The molecule has 2 N–H and O–H groups in total. The molecule has 7 nitrogen and oxygen atoms in total. The zero-order valence-corrected chi connectivity index (χ0v) is 15.0. The monoisotopic (exact) mass is 355 g/mol. The number of piperidine rings is 1. The molecule has 1 aromatic carbocycles. The average Bonchev–Trinajstić information content (AvgIpc) is 2.60. The van der Waals surface area contributed by atoms with Crippen molar-refractivity contribution in [2.24, 2.45) is 0 Å². The molecule has 0 radical (unpaired) electrons.